The molecule has 0 spiro atoms. The molecule has 0 aliphatic rings. The van der Waals surface area contributed by atoms with Crippen LogP contribution in [0.3, 0.4) is 0 Å². The van der Waals surface area contributed by atoms with Crippen LogP contribution in [0.1, 0.15) is 18.1 Å². The highest BCUT2D eigenvalue weighted by Gasteiger charge is 2.31. The lowest BCUT2D eigenvalue weighted by Gasteiger charge is -2.14. The monoisotopic (exact) mass is 618 g/mol. The van der Waals surface area contributed by atoms with E-state index in [1.165, 1.54) is 37.3 Å². The van der Waals surface area contributed by atoms with Crippen LogP contribution in [0.25, 0.3) is 22.3 Å². The number of carbonyl (C=O) groups excluding carboxylic acids is 1. The van der Waals surface area contributed by atoms with Crippen molar-refractivity contribution in [1.29, 1.82) is 0 Å². The second-order valence-corrected chi connectivity index (χ2v) is 9.14. The molecule has 1 heterocycles. The van der Waals surface area contributed by atoms with Gasteiger partial charge in [0, 0.05) is 17.2 Å². The lowest BCUT2D eigenvalue weighted by molar-refractivity contribution is -0.386. The predicted molar refractivity (Wildman–Crippen MR) is 142 cm³/mol. The summed E-state index contributed by atoms with van der Waals surface area (Å²) in [6.45, 7) is 1.35. The molecule has 0 aliphatic heterocycles. The Morgan fingerprint density at radius 1 is 1.18 bits per heavy atom. The molecule has 0 fully saturated rings. The predicted octanol–water partition coefficient (Wildman–Crippen LogP) is 5.58. The average molecular weight is 619 g/mol. The molecule has 1 atom stereocenters. The van der Waals surface area contributed by atoms with Gasteiger partial charge in [-0.1, -0.05) is 24.3 Å². The highest BCUT2D eigenvalue weighted by molar-refractivity contribution is 9.10. The lowest BCUT2D eigenvalue weighted by atomic mass is 10.1. The van der Waals surface area contributed by atoms with Gasteiger partial charge in [0.25, 0.3) is 5.56 Å². The van der Waals surface area contributed by atoms with E-state index in [0.717, 1.165) is 36.2 Å². The van der Waals surface area contributed by atoms with Gasteiger partial charge in [-0.15, -0.1) is 0 Å². The molecule has 0 radical (unpaired) electrons. The number of hydrogen-bond donors (Lipinski definition) is 0. The molecule has 1 aromatic heterocycles. The maximum atomic E-state index is 13.4. The second kappa shape index (κ2) is 11.3. The third kappa shape index (κ3) is 5.86. The molecule has 0 saturated carbocycles. The molecule has 0 bridgehead atoms. The maximum absolute atomic E-state index is 13.4. The number of hydrogen-bond acceptors (Lipinski definition) is 8. The summed E-state index contributed by atoms with van der Waals surface area (Å²) < 4.78 is 51.1. The first-order chi connectivity index (χ1) is 18.9. The standard InChI is InChI=1S/C26H18BrF3N4O6/c1-14(25(36)39-2)40-22-19(27)10-15(11-21(22)34(37)38)13-31-33-23(16-6-5-7-17(12-16)26(28,29)30)32-20-9-4-3-8-18(20)24(33)35/h3-14H,1-2H3/t14-/m1/s1. The first-order valence-electron chi connectivity index (χ1n) is 11.4. The minimum Gasteiger partial charge on any atom is -0.471 e. The van der Waals surface area contributed by atoms with Crippen LogP contribution < -0.4 is 10.3 Å². The van der Waals surface area contributed by atoms with Gasteiger partial charge in [0.15, 0.2) is 11.9 Å². The van der Waals surface area contributed by atoms with Crippen LogP contribution in [0, 0.1) is 10.1 Å². The molecular weight excluding hydrogens is 601 g/mol. The fraction of sp³-hybridized carbons (Fsp3) is 0.154. The molecule has 3 aromatic carbocycles. The van der Waals surface area contributed by atoms with E-state index in [0.29, 0.717) is 0 Å². The Morgan fingerprint density at radius 2 is 1.90 bits per heavy atom. The normalized spacial score (nSPS) is 12.4. The van der Waals surface area contributed by atoms with Crippen LogP contribution in [0.15, 0.2) is 75.0 Å². The average Bonchev–Trinajstić information content (AvgIpc) is 2.92. The van der Waals surface area contributed by atoms with E-state index >= 15 is 0 Å². The number of carbonyl (C=O) groups is 1. The van der Waals surface area contributed by atoms with Crippen LogP contribution in [0.4, 0.5) is 18.9 Å². The van der Waals surface area contributed by atoms with Crippen molar-refractivity contribution in [3.8, 4) is 17.1 Å². The van der Waals surface area contributed by atoms with Crippen LogP contribution >= 0.6 is 15.9 Å². The Kier molecular flexibility index (Phi) is 8.00. The van der Waals surface area contributed by atoms with Crippen LogP contribution in [0.5, 0.6) is 5.75 Å². The number of alkyl halides is 3. The second-order valence-electron chi connectivity index (χ2n) is 8.28. The van der Waals surface area contributed by atoms with E-state index in [2.05, 4.69) is 30.8 Å². The zero-order chi connectivity index (χ0) is 29.2. The number of fused-ring (bicyclic) bond motifs is 1. The number of nitrogens with zero attached hydrogens (tertiary/aromatic N) is 4. The molecule has 0 unspecified atom stereocenters. The topological polar surface area (TPSA) is 126 Å². The Labute approximate surface area is 231 Å². The number of methoxy groups -OCH3 is 1. The first-order valence-corrected chi connectivity index (χ1v) is 12.2. The summed E-state index contributed by atoms with van der Waals surface area (Å²) in [6, 6.07) is 13.0. The molecule has 0 amide bonds. The Morgan fingerprint density at radius 3 is 2.58 bits per heavy atom. The summed E-state index contributed by atoms with van der Waals surface area (Å²) in [5, 5.41) is 16.1. The van der Waals surface area contributed by atoms with Gasteiger partial charge in [-0.3, -0.25) is 14.9 Å². The number of ether oxygens (including phenoxy) is 2. The molecule has 40 heavy (non-hydrogen) atoms. The third-order valence-corrected chi connectivity index (χ3v) is 6.18. The number of nitro benzene ring substituents is 1. The van der Waals surface area contributed by atoms with E-state index < -0.39 is 40.0 Å². The number of rotatable bonds is 7. The third-order valence-electron chi connectivity index (χ3n) is 5.59. The van der Waals surface area contributed by atoms with Crippen molar-refractivity contribution >= 4 is 44.7 Å². The van der Waals surface area contributed by atoms with Crippen molar-refractivity contribution in [2.45, 2.75) is 19.2 Å². The summed E-state index contributed by atoms with van der Waals surface area (Å²) in [4.78, 5) is 40.5. The lowest BCUT2D eigenvalue weighted by Crippen LogP contribution is -2.25. The molecule has 206 valence electrons. The van der Waals surface area contributed by atoms with E-state index in [9.17, 15) is 32.9 Å². The summed E-state index contributed by atoms with van der Waals surface area (Å²) in [5.41, 5.74) is -1.79. The summed E-state index contributed by atoms with van der Waals surface area (Å²) >= 11 is 3.19. The molecule has 0 aliphatic carbocycles. The molecular formula is C26H18BrF3N4O6. The largest absolute Gasteiger partial charge is 0.471 e. The van der Waals surface area contributed by atoms with Gasteiger partial charge < -0.3 is 9.47 Å². The zero-order valence-corrected chi connectivity index (χ0v) is 22.3. The van der Waals surface area contributed by atoms with Crippen molar-refractivity contribution in [3.63, 3.8) is 0 Å². The number of benzene rings is 3. The van der Waals surface area contributed by atoms with Gasteiger partial charge in [-0.2, -0.15) is 22.9 Å². The summed E-state index contributed by atoms with van der Waals surface area (Å²) in [7, 11) is 1.14. The molecule has 0 N–H and O–H groups in total. The fourth-order valence-corrected chi connectivity index (χ4v) is 4.25. The zero-order valence-electron chi connectivity index (χ0n) is 20.7. The maximum Gasteiger partial charge on any atom is 0.416 e. The minimum atomic E-state index is -4.64. The molecule has 0 saturated heterocycles. The van der Waals surface area contributed by atoms with Crippen molar-refractivity contribution in [3.05, 3.63) is 96.7 Å². The highest BCUT2D eigenvalue weighted by atomic mass is 79.9. The Balaban J connectivity index is 1.86. The highest BCUT2D eigenvalue weighted by Crippen LogP contribution is 2.37. The Bertz CT molecular complexity index is 1720. The molecule has 14 heteroatoms. The molecule has 4 rings (SSSR count). The van der Waals surface area contributed by atoms with Crippen LogP contribution in [-0.2, 0) is 15.7 Å². The van der Waals surface area contributed by atoms with E-state index in [4.69, 9.17) is 4.74 Å². The number of aromatic nitrogens is 2. The van der Waals surface area contributed by atoms with Crippen molar-refractivity contribution < 1.29 is 32.4 Å². The van der Waals surface area contributed by atoms with E-state index in [-0.39, 0.29) is 38.1 Å². The van der Waals surface area contributed by atoms with Gasteiger partial charge in [-0.25, -0.2) is 9.78 Å². The number of esters is 1. The number of nitro groups is 1. The van der Waals surface area contributed by atoms with Crippen LogP contribution in [-0.4, -0.2) is 40.0 Å². The van der Waals surface area contributed by atoms with Crippen molar-refractivity contribution in [1.82, 2.24) is 9.66 Å². The molecule has 10 nitrogen and oxygen atoms in total. The Hall–Kier alpha value is -4.59. The fourth-order valence-electron chi connectivity index (χ4n) is 3.69. The smallest absolute Gasteiger partial charge is 0.416 e. The van der Waals surface area contributed by atoms with Gasteiger partial charge >= 0.3 is 17.8 Å². The van der Waals surface area contributed by atoms with Crippen molar-refractivity contribution in [2.24, 2.45) is 5.10 Å². The van der Waals surface area contributed by atoms with E-state index in [1.807, 2.05) is 0 Å². The van der Waals surface area contributed by atoms with Gasteiger partial charge in [0.1, 0.15) is 0 Å². The quantitative estimate of drug-likeness (QED) is 0.115. The molecule has 4 aromatic rings. The van der Waals surface area contributed by atoms with Crippen LogP contribution in [0.2, 0.25) is 0 Å². The number of halogens is 4. The minimum absolute atomic E-state index is 0.0254. The van der Waals surface area contributed by atoms with Gasteiger partial charge in [-0.05, 0) is 53.2 Å². The van der Waals surface area contributed by atoms with Gasteiger partial charge in [0.05, 0.1) is 39.2 Å². The summed E-state index contributed by atoms with van der Waals surface area (Å²) in [5.74, 6) is -1.17. The number of para-hydroxylation sites is 1. The van der Waals surface area contributed by atoms with Gasteiger partial charge in [0.2, 0.25) is 5.75 Å². The van der Waals surface area contributed by atoms with Crippen molar-refractivity contribution in [2.75, 3.05) is 7.11 Å². The first kappa shape index (κ1) is 28.4. The summed E-state index contributed by atoms with van der Waals surface area (Å²) in [6.07, 6.45) is -4.68. The van der Waals surface area contributed by atoms with E-state index in [1.54, 1.807) is 12.1 Å². The SMILES string of the molecule is COC(=O)[C@@H](C)Oc1c(Br)cc(C=Nn2c(-c3cccc(C(F)(F)F)c3)nc3ccccc3c2=O)cc1[N+](=O)[O-].